The maximum atomic E-state index is 14.1. The number of aromatic nitrogens is 5. The van der Waals surface area contributed by atoms with E-state index in [1.54, 1.807) is 23.9 Å². The molecular weight excluding hydrogens is 501 g/mol. The standard InChI is InChI=1S/C24H23BrFN7O/c1-15-4-7-19(9-21(15)26)33-13-20-22(31-33)29-14-30-23(20)32-8-2-3-16(12-32)24(34)28-11-18-6-5-17(25)10-27-18/h4-7,9-10,13-14,16H,2-3,8,11-12H2,1H3,(H,28,34). The normalized spacial score (nSPS) is 16.1. The molecule has 1 atom stereocenters. The Hall–Kier alpha value is -3.40. The maximum absolute atomic E-state index is 14.1. The SMILES string of the molecule is Cc1ccc(-n2cc3c(N4CCCC(C(=O)NCc5ccc(Br)cn5)C4)ncnc3n2)cc1F. The molecule has 3 aromatic heterocycles. The van der Waals surface area contributed by atoms with Gasteiger partial charge in [0, 0.05) is 30.0 Å². The summed E-state index contributed by atoms with van der Waals surface area (Å²) in [5.41, 5.74) is 2.53. The van der Waals surface area contributed by atoms with Gasteiger partial charge in [-0.05, 0) is 65.5 Å². The van der Waals surface area contributed by atoms with Gasteiger partial charge in [0.25, 0.3) is 0 Å². The van der Waals surface area contributed by atoms with Crippen molar-refractivity contribution in [1.82, 2.24) is 30.0 Å². The highest BCUT2D eigenvalue weighted by atomic mass is 79.9. The van der Waals surface area contributed by atoms with Crippen LogP contribution in [0.15, 0.2) is 53.5 Å². The molecule has 0 aliphatic carbocycles. The minimum absolute atomic E-state index is 0.00513. The van der Waals surface area contributed by atoms with Crippen LogP contribution in [0.3, 0.4) is 0 Å². The van der Waals surface area contributed by atoms with E-state index in [1.807, 2.05) is 24.4 Å². The number of nitrogens with zero attached hydrogens (tertiary/aromatic N) is 6. The third-order valence-corrected chi connectivity index (χ3v) is 6.51. The quantitative estimate of drug-likeness (QED) is 0.426. The molecule has 0 radical (unpaired) electrons. The molecule has 8 nitrogen and oxygen atoms in total. The molecule has 1 unspecified atom stereocenters. The third-order valence-electron chi connectivity index (χ3n) is 6.04. The van der Waals surface area contributed by atoms with Crippen LogP contribution in [0.2, 0.25) is 0 Å². The highest BCUT2D eigenvalue weighted by Crippen LogP contribution is 2.28. The van der Waals surface area contributed by atoms with Gasteiger partial charge in [-0.3, -0.25) is 9.78 Å². The van der Waals surface area contributed by atoms with Crippen molar-refractivity contribution < 1.29 is 9.18 Å². The lowest BCUT2D eigenvalue weighted by Crippen LogP contribution is -2.43. The van der Waals surface area contributed by atoms with Crippen LogP contribution in [0.1, 0.15) is 24.1 Å². The van der Waals surface area contributed by atoms with Crippen molar-refractivity contribution >= 4 is 38.7 Å². The molecule has 10 heteroatoms. The second-order valence-corrected chi connectivity index (χ2v) is 9.33. The second kappa shape index (κ2) is 9.46. The summed E-state index contributed by atoms with van der Waals surface area (Å²) in [6, 6.07) is 8.78. The molecule has 4 heterocycles. The van der Waals surface area contributed by atoms with Gasteiger partial charge in [0.05, 0.1) is 29.2 Å². The van der Waals surface area contributed by atoms with E-state index in [0.717, 1.165) is 40.8 Å². The van der Waals surface area contributed by atoms with Crippen molar-refractivity contribution in [1.29, 1.82) is 0 Å². The first kappa shape index (κ1) is 22.4. The van der Waals surface area contributed by atoms with Gasteiger partial charge in [-0.1, -0.05) is 6.07 Å². The Balaban J connectivity index is 1.33. The molecule has 0 bridgehead atoms. The number of aryl methyl sites for hydroxylation is 1. The molecule has 1 saturated heterocycles. The molecule has 34 heavy (non-hydrogen) atoms. The molecule has 1 fully saturated rings. The molecule has 1 aliphatic heterocycles. The fourth-order valence-electron chi connectivity index (χ4n) is 4.15. The summed E-state index contributed by atoms with van der Waals surface area (Å²) in [5, 5.41) is 8.29. The van der Waals surface area contributed by atoms with Gasteiger partial charge in [0.1, 0.15) is 18.0 Å². The average molecular weight is 524 g/mol. The van der Waals surface area contributed by atoms with Gasteiger partial charge in [-0.2, -0.15) is 0 Å². The second-order valence-electron chi connectivity index (χ2n) is 8.41. The molecule has 1 aliphatic rings. The van der Waals surface area contributed by atoms with Gasteiger partial charge >= 0.3 is 0 Å². The van der Waals surface area contributed by atoms with Gasteiger partial charge < -0.3 is 10.2 Å². The Kier molecular flexibility index (Phi) is 6.23. The van der Waals surface area contributed by atoms with Crippen molar-refractivity contribution in [3.05, 3.63) is 70.6 Å². The van der Waals surface area contributed by atoms with Crippen LogP contribution in [0.4, 0.5) is 10.2 Å². The van der Waals surface area contributed by atoms with Crippen LogP contribution < -0.4 is 10.2 Å². The molecule has 1 aromatic carbocycles. The monoisotopic (exact) mass is 523 g/mol. The summed E-state index contributed by atoms with van der Waals surface area (Å²) < 4.78 is 16.6. The lowest BCUT2D eigenvalue weighted by molar-refractivity contribution is -0.125. The topological polar surface area (TPSA) is 88.8 Å². The molecule has 0 spiro atoms. The van der Waals surface area contributed by atoms with E-state index >= 15 is 0 Å². The van der Waals surface area contributed by atoms with Crippen LogP contribution in [-0.4, -0.2) is 43.7 Å². The first-order valence-corrected chi connectivity index (χ1v) is 11.9. The first-order valence-electron chi connectivity index (χ1n) is 11.1. The van der Waals surface area contributed by atoms with Crippen LogP contribution >= 0.6 is 15.9 Å². The molecule has 4 aromatic rings. The lowest BCUT2D eigenvalue weighted by atomic mass is 9.97. The summed E-state index contributed by atoms with van der Waals surface area (Å²) in [6.45, 7) is 3.45. The molecule has 5 rings (SSSR count). The number of piperidine rings is 1. The van der Waals surface area contributed by atoms with Crippen LogP contribution in [0.25, 0.3) is 16.7 Å². The number of pyridine rings is 1. The minimum Gasteiger partial charge on any atom is -0.355 e. The minimum atomic E-state index is -0.286. The average Bonchev–Trinajstić information content (AvgIpc) is 3.30. The number of amides is 1. The fourth-order valence-corrected chi connectivity index (χ4v) is 4.39. The first-order chi connectivity index (χ1) is 16.5. The Morgan fingerprint density at radius 2 is 2.12 bits per heavy atom. The van der Waals surface area contributed by atoms with Crippen molar-refractivity contribution in [3.8, 4) is 5.69 Å². The summed E-state index contributed by atoms with van der Waals surface area (Å²) >= 11 is 3.37. The lowest BCUT2D eigenvalue weighted by Gasteiger charge is -2.33. The van der Waals surface area contributed by atoms with E-state index in [0.29, 0.717) is 30.0 Å². The summed E-state index contributed by atoms with van der Waals surface area (Å²) in [7, 11) is 0. The zero-order chi connectivity index (χ0) is 23.7. The number of carbonyl (C=O) groups is 1. The number of anilines is 1. The Labute approximate surface area is 204 Å². The maximum Gasteiger partial charge on any atom is 0.225 e. The number of hydrogen-bond acceptors (Lipinski definition) is 6. The van der Waals surface area contributed by atoms with E-state index in [1.165, 1.54) is 12.4 Å². The Bertz CT molecular complexity index is 1340. The Morgan fingerprint density at radius 3 is 2.91 bits per heavy atom. The van der Waals surface area contributed by atoms with E-state index in [4.69, 9.17) is 0 Å². The van der Waals surface area contributed by atoms with Crippen molar-refractivity contribution in [2.24, 2.45) is 5.92 Å². The number of hydrogen-bond donors (Lipinski definition) is 1. The molecular formula is C24H23BrFN7O. The molecule has 1 N–H and O–H groups in total. The predicted molar refractivity (Wildman–Crippen MR) is 130 cm³/mol. The Morgan fingerprint density at radius 1 is 1.24 bits per heavy atom. The van der Waals surface area contributed by atoms with Crippen LogP contribution in [0.5, 0.6) is 0 Å². The van der Waals surface area contributed by atoms with Gasteiger partial charge in [-0.15, -0.1) is 5.10 Å². The van der Waals surface area contributed by atoms with Crippen LogP contribution in [0, 0.1) is 18.7 Å². The smallest absolute Gasteiger partial charge is 0.225 e. The van der Waals surface area contributed by atoms with Crippen molar-refractivity contribution in [2.75, 3.05) is 18.0 Å². The zero-order valence-corrected chi connectivity index (χ0v) is 20.2. The highest BCUT2D eigenvalue weighted by molar-refractivity contribution is 9.10. The van der Waals surface area contributed by atoms with Gasteiger partial charge in [0.2, 0.25) is 5.91 Å². The number of carbonyl (C=O) groups excluding carboxylic acids is 1. The predicted octanol–water partition coefficient (Wildman–Crippen LogP) is 3.95. The number of benzene rings is 1. The van der Waals surface area contributed by atoms with E-state index in [2.05, 4.69) is 46.2 Å². The summed E-state index contributed by atoms with van der Waals surface area (Å²) in [5.74, 6) is 0.295. The van der Waals surface area contributed by atoms with E-state index in [9.17, 15) is 9.18 Å². The number of rotatable bonds is 5. The van der Waals surface area contributed by atoms with Crippen LogP contribution in [-0.2, 0) is 11.3 Å². The third kappa shape index (κ3) is 4.63. The molecule has 174 valence electrons. The zero-order valence-electron chi connectivity index (χ0n) is 18.6. The summed E-state index contributed by atoms with van der Waals surface area (Å²) in [6.07, 6.45) is 6.70. The fraction of sp³-hybridized carbons (Fsp3) is 0.292. The van der Waals surface area contributed by atoms with Crippen molar-refractivity contribution in [3.63, 3.8) is 0 Å². The number of fused-ring (bicyclic) bond motifs is 1. The molecule has 0 saturated carbocycles. The van der Waals surface area contributed by atoms with Crippen molar-refractivity contribution in [2.45, 2.75) is 26.3 Å². The molecule has 1 amide bonds. The highest BCUT2D eigenvalue weighted by Gasteiger charge is 2.28. The number of halogens is 2. The van der Waals surface area contributed by atoms with E-state index < -0.39 is 0 Å². The van der Waals surface area contributed by atoms with Gasteiger partial charge in [-0.25, -0.2) is 19.0 Å². The number of nitrogens with one attached hydrogen (secondary N) is 1. The summed E-state index contributed by atoms with van der Waals surface area (Å²) in [4.78, 5) is 28.1. The largest absolute Gasteiger partial charge is 0.355 e. The van der Waals surface area contributed by atoms with Gasteiger partial charge in [0.15, 0.2) is 5.65 Å². The van der Waals surface area contributed by atoms with E-state index in [-0.39, 0.29) is 17.6 Å².